The van der Waals surface area contributed by atoms with Crippen LogP contribution in [0, 0.1) is 15.9 Å². The van der Waals surface area contributed by atoms with Crippen LogP contribution in [-0.4, -0.2) is 58.9 Å². The van der Waals surface area contributed by atoms with E-state index in [1.807, 2.05) is 4.90 Å². The van der Waals surface area contributed by atoms with Crippen molar-refractivity contribution in [2.75, 3.05) is 36.8 Å². The third-order valence-corrected chi connectivity index (χ3v) is 4.97. The standard InChI is InChI=1S/C20H22FN5O4/c1-14(19(27)22-16-6-8-18(9-7-16)26(29)30)24-10-12-25(13-11-24)20(28)23-17-4-2-15(21)3-5-17/h2-9,14H,10-13H2,1H3,(H,22,27)(H,23,28)/t14-/m0/s1. The van der Waals surface area contributed by atoms with Crippen molar-refractivity contribution in [2.24, 2.45) is 0 Å². The van der Waals surface area contributed by atoms with Crippen molar-refractivity contribution >= 4 is 29.0 Å². The van der Waals surface area contributed by atoms with Crippen LogP contribution in [0.5, 0.6) is 0 Å². The lowest BCUT2D eigenvalue weighted by Gasteiger charge is -2.37. The van der Waals surface area contributed by atoms with Gasteiger partial charge in [0.1, 0.15) is 5.82 Å². The Balaban J connectivity index is 1.48. The molecule has 1 atom stereocenters. The topological polar surface area (TPSA) is 108 Å². The molecule has 0 bridgehead atoms. The minimum absolute atomic E-state index is 0.0453. The van der Waals surface area contributed by atoms with E-state index >= 15 is 0 Å². The number of rotatable bonds is 5. The molecule has 158 valence electrons. The molecule has 1 fully saturated rings. The normalized spacial score (nSPS) is 15.3. The number of hydrogen-bond donors (Lipinski definition) is 2. The molecule has 9 nitrogen and oxygen atoms in total. The zero-order valence-electron chi connectivity index (χ0n) is 16.4. The minimum atomic E-state index is -0.500. The molecule has 3 amide bonds. The number of nitro groups is 1. The fourth-order valence-electron chi connectivity index (χ4n) is 3.13. The number of halogens is 1. The molecule has 1 saturated heterocycles. The smallest absolute Gasteiger partial charge is 0.321 e. The van der Waals surface area contributed by atoms with Crippen LogP contribution in [0.2, 0.25) is 0 Å². The Morgan fingerprint density at radius 1 is 0.967 bits per heavy atom. The number of nitrogens with zero attached hydrogens (tertiary/aromatic N) is 3. The Bertz CT molecular complexity index is 912. The molecule has 0 spiro atoms. The lowest BCUT2D eigenvalue weighted by molar-refractivity contribution is -0.384. The number of piperazine rings is 1. The summed E-state index contributed by atoms with van der Waals surface area (Å²) in [6.07, 6.45) is 0. The first kappa shape index (κ1) is 21.2. The fraction of sp³-hybridized carbons (Fsp3) is 0.300. The molecule has 2 aromatic carbocycles. The van der Waals surface area contributed by atoms with Crippen molar-refractivity contribution in [3.63, 3.8) is 0 Å². The number of hydrogen-bond acceptors (Lipinski definition) is 5. The zero-order valence-corrected chi connectivity index (χ0v) is 16.4. The first-order chi connectivity index (χ1) is 14.3. The molecule has 1 heterocycles. The highest BCUT2D eigenvalue weighted by Crippen LogP contribution is 2.17. The maximum absolute atomic E-state index is 13.0. The molecular formula is C20H22FN5O4. The van der Waals surface area contributed by atoms with E-state index in [1.54, 1.807) is 11.8 Å². The average molecular weight is 415 g/mol. The molecule has 2 N–H and O–H groups in total. The van der Waals surface area contributed by atoms with E-state index in [9.17, 15) is 24.1 Å². The van der Waals surface area contributed by atoms with E-state index < -0.39 is 11.0 Å². The van der Waals surface area contributed by atoms with E-state index in [0.717, 1.165) is 0 Å². The second-order valence-corrected chi connectivity index (χ2v) is 6.93. The van der Waals surface area contributed by atoms with Gasteiger partial charge in [-0.3, -0.25) is 19.8 Å². The van der Waals surface area contributed by atoms with Crippen molar-refractivity contribution in [1.82, 2.24) is 9.80 Å². The van der Waals surface area contributed by atoms with E-state index in [1.165, 1.54) is 48.5 Å². The van der Waals surface area contributed by atoms with Crippen LogP contribution in [0.1, 0.15) is 6.92 Å². The largest absolute Gasteiger partial charge is 0.325 e. The number of urea groups is 1. The summed E-state index contributed by atoms with van der Waals surface area (Å²) >= 11 is 0. The first-order valence-electron chi connectivity index (χ1n) is 9.44. The van der Waals surface area contributed by atoms with Crippen molar-refractivity contribution in [3.05, 3.63) is 64.5 Å². The number of benzene rings is 2. The van der Waals surface area contributed by atoms with Crippen molar-refractivity contribution in [1.29, 1.82) is 0 Å². The molecule has 30 heavy (non-hydrogen) atoms. The second-order valence-electron chi connectivity index (χ2n) is 6.93. The number of amides is 3. The maximum Gasteiger partial charge on any atom is 0.321 e. The Kier molecular flexibility index (Phi) is 6.58. The molecule has 2 aromatic rings. The summed E-state index contributed by atoms with van der Waals surface area (Å²) in [5.74, 6) is -0.601. The van der Waals surface area contributed by atoms with Gasteiger partial charge in [0, 0.05) is 49.7 Å². The van der Waals surface area contributed by atoms with E-state index in [0.29, 0.717) is 37.6 Å². The third kappa shape index (κ3) is 5.29. The highest BCUT2D eigenvalue weighted by atomic mass is 19.1. The molecule has 0 aromatic heterocycles. The predicted molar refractivity (Wildman–Crippen MR) is 110 cm³/mol. The van der Waals surface area contributed by atoms with Gasteiger partial charge >= 0.3 is 6.03 Å². The highest BCUT2D eigenvalue weighted by molar-refractivity contribution is 5.94. The van der Waals surface area contributed by atoms with Crippen molar-refractivity contribution in [2.45, 2.75) is 13.0 Å². The van der Waals surface area contributed by atoms with E-state index in [-0.39, 0.29) is 23.4 Å². The highest BCUT2D eigenvalue weighted by Gasteiger charge is 2.27. The Hall–Kier alpha value is -3.53. The molecule has 3 rings (SSSR count). The van der Waals surface area contributed by atoms with Gasteiger partial charge in [0.15, 0.2) is 0 Å². The van der Waals surface area contributed by atoms with Gasteiger partial charge in [-0.05, 0) is 43.3 Å². The van der Waals surface area contributed by atoms with Crippen LogP contribution in [-0.2, 0) is 4.79 Å². The van der Waals surface area contributed by atoms with Crippen LogP contribution < -0.4 is 10.6 Å². The van der Waals surface area contributed by atoms with Gasteiger partial charge in [-0.2, -0.15) is 0 Å². The first-order valence-corrected chi connectivity index (χ1v) is 9.44. The lowest BCUT2D eigenvalue weighted by Crippen LogP contribution is -2.54. The summed E-state index contributed by atoms with van der Waals surface area (Å²) < 4.78 is 13.0. The molecule has 1 aliphatic heterocycles. The summed E-state index contributed by atoms with van der Waals surface area (Å²) in [4.78, 5) is 38.7. The number of nitro benzene ring substituents is 1. The lowest BCUT2D eigenvalue weighted by atomic mass is 10.2. The summed E-state index contributed by atoms with van der Waals surface area (Å²) in [6, 6.07) is 10.5. The molecule has 0 aliphatic carbocycles. The van der Waals surface area contributed by atoms with Gasteiger partial charge in [0.2, 0.25) is 5.91 Å². The SMILES string of the molecule is C[C@@H](C(=O)Nc1ccc([N+](=O)[O-])cc1)N1CCN(C(=O)Nc2ccc(F)cc2)CC1. The van der Waals surface area contributed by atoms with Gasteiger partial charge in [0.05, 0.1) is 11.0 Å². The van der Waals surface area contributed by atoms with Gasteiger partial charge < -0.3 is 15.5 Å². The number of carbonyl (C=O) groups is 2. The average Bonchev–Trinajstić information content (AvgIpc) is 2.75. The maximum atomic E-state index is 13.0. The molecule has 1 aliphatic rings. The molecule has 0 saturated carbocycles. The van der Waals surface area contributed by atoms with Crippen LogP contribution in [0.3, 0.4) is 0 Å². The predicted octanol–water partition coefficient (Wildman–Crippen LogP) is 2.91. The Labute approximate surface area is 172 Å². The van der Waals surface area contributed by atoms with Gasteiger partial charge in [-0.1, -0.05) is 0 Å². The van der Waals surface area contributed by atoms with Gasteiger partial charge in [-0.15, -0.1) is 0 Å². The van der Waals surface area contributed by atoms with Crippen LogP contribution in [0.25, 0.3) is 0 Å². The quantitative estimate of drug-likeness (QED) is 0.577. The van der Waals surface area contributed by atoms with Crippen LogP contribution in [0.4, 0.5) is 26.2 Å². The van der Waals surface area contributed by atoms with Crippen molar-refractivity contribution < 1.29 is 18.9 Å². The van der Waals surface area contributed by atoms with E-state index in [2.05, 4.69) is 10.6 Å². The van der Waals surface area contributed by atoms with Gasteiger partial charge in [0.25, 0.3) is 5.69 Å². The second kappa shape index (κ2) is 9.31. The van der Waals surface area contributed by atoms with Gasteiger partial charge in [-0.25, -0.2) is 9.18 Å². The van der Waals surface area contributed by atoms with Crippen molar-refractivity contribution in [3.8, 4) is 0 Å². The zero-order chi connectivity index (χ0) is 21.7. The molecular weight excluding hydrogens is 393 g/mol. The number of carbonyl (C=O) groups excluding carboxylic acids is 2. The van der Waals surface area contributed by atoms with Crippen LogP contribution >= 0.6 is 0 Å². The Morgan fingerprint density at radius 2 is 1.50 bits per heavy atom. The summed E-state index contributed by atoms with van der Waals surface area (Å²) in [7, 11) is 0. The number of nitrogens with one attached hydrogen (secondary N) is 2. The number of non-ortho nitro benzene ring substituents is 1. The van der Waals surface area contributed by atoms with Crippen LogP contribution in [0.15, 0.2) is 48.5 Å². The fourth-order valence-corrected chi connectivity index (χ4v) is 3.13. The van der Waals surface area contributed by atoms with E-state index in [4.69, 9.17) is 0 Å². The molecule has 0 radical (unpaired) electrons. The number of anilines is 2. The summed E-state index contributed by atoms with van der Waals surface area (Å²) in [6.45, 7) is 3.71. The third-order valence-electron chi connectivity index (χ3n) is 4.97. The molecule has 0 unspecified atom stereocenters. The Morgan fingerprint density at radius 3 is 2.07 bits per heavy atom. The summed E-state index contributed by atoms with van der Waals surface area (Å²) in [5, 5.41) is 16.2. The summed E-state index contributed by atoms with van der Waals surface area (Å²) in [5.41, 5.74) is 0.950. The monoisotopic (exact) mass is 415 g/mol. The molecule has 10 heteroatoms. The minimum Gasteiger partial charge on any atom is -0.325 e.